The molecule has 1 aliphatic carbocycles. The molecular weight excluding hydrogens is 320 g/mol. The number of hydrogen-bond acceptors (Lipinski definition) is 4. The van der Waals surface area contributed by atoms with Gasteiger partial charge in [-0.05, 0) is 30.9 Å². The van der Waals surface area contributed by atoms with Crippen LogP contribution in [-0.4, -0.2) is 40.6 Å². The summed E-state index contributed by atoms with van der Waals surface area (Å²) in [5.41, 5.74) is -1.94. The number of halogens is 4. The van der Waals surface area contributed by atoms with Gasteiger partial charge in [0.2, 0.25) is 5.88 Å². The van der Waals surface area contributed by atoms with Gasteiger partial charge in [0.15, 0.2) is 6.61 Å². The average molecular weight is 336 g/mol. The minimum atomic E-state index is -3.88. The van der Waals surface area contributed by atoms with Crippen molar-refractivity contribution in [2.75, 3.05) is 6.61 Å². The van der Waals surface area contributed by atoms with Crippen LogP contribution in [0.1, 0.15) is 24.8 Å². The number of carbonyl (C=O) groups is 1. The zero-order chi connectivity index (χ0) is 17.1. The molecule has 23 heavy (non-hydrogen) atoms. The van der Waals surface area contributed by atoms with Crippen LogP contribution in [0, 0.1) is 0 Å². The number of ether oxygens (including phenoxy) is 1. The zero-order valence-electron chi connectivity index (χ0n) is 12.1. The van der Waals surface area contributed by atoms with E-state index in [0.29, 0.717) is 12.0 Å². The van der Waals surface area contributed by atoms with Gasteiger partial charge in [-0.2, -0.15) is 8.78 Å². The molecule has 0 aliphatic heterocycles. The molecule has 2 rings (SSSR count). The second-order valence-electron chi connectivity index (χ2n) is 5.35. The molecule has 0 bridgehead atoms. The van der Waals surface area contributed by atoms with Gasteiger partial charge in [-0.25, -0.2) is 13.8 Å². The molecule has 9 heteroatoms. The highest BCUT2D eigenvalue weighted by Gasteiger charge is 2.61. The van der Waals surface area contributed by atoms with E-state index in [-0.39, 0.29) is 25.3 Å². The summed E-state index contributed by atoms with van der Waals surface area (Å²) in [5, 5.41) is 11.7. The molecule has 1 aromatic rings. The fourth-order valence-corrected chi connectivity index (χ4v) is 2.12. The van der Waals surface area contributed by atoms with E-state index in [1.54, 1.807) is 0 Å². The Bertz CT molecular complexity index is 565. The van der Waals surface area contributed by atoms with E-state index in [0.717, 1.165) is 0 Å². The molecule has 1 amide bonds. The highest BCUT2D eigenvalue weighted by molar-refractivity contribution is 5.85. The first-order valence-corrected chi connectivity index (χ1v) is 6.99. The molecule has 0 radical (unpaired) electrons. The molecule has 1 aromatic heterocycles. The van der Waals surface area contributed by atoms with Gasteiger partial charge in [0.05, 0.1) is 0 Å². The van der Waals surface area contributed by atoms with E-state index in [9.17, 15) is 27.5 Å². The Morgan fingerprint density at radius 2 is 2.17 bits per heavy atom. The van der Waals surface area contributed by atoms with E-state index >= 15 is 0 Å². The SMILES string of the molecule is O=C(NCc1ccnc(OCC(F)F)c1)C(F)(F)C1(O)CCC1. The number of nitrogens with zero attached hydrogens (tertiary/aromatic N) is 1. The first-order chi connectivity index (χ1) is 10.7. The molecule has 1 heterocycles. The van der Waals surface area contributed by atoms with E-state index < -0.39 is 30.5 Å². The lowest BCUT2D eigenvalue weighted by atomic mass is 9.75. The second kappa shape index (κ2) is 6.69. The maximum absolute atomic E-state index is 13.9. The Kier molecular flexibility index (Phi) is 5.08. The van der Waals surface area contributed by atoms with Gasteiger partial charge in [-0.1, -0.05) is 0 Å². The Morgan fingerprint density at radius 3 is 2.74 bits per heavy atom. The normalized spacial score (nSPS) is 16.8. The van der Waals surface area contributed by atoms with Crippen LogP contribution in [0.2, 0.25) is 0 Å². The van der Waals surface area contributed by atoms with E-state index in [1.165, 1.54) is 18.3 Å². The molecule has 2 N–H and O–H groups in total. The minimum absolute atomic E-state index is 0.0959. The first kappa shape index (κ1) is 17.5. The lowest BCUT2D eigenvalue weighted by Crippen LogP contribution is -2.60. The molecule has 1 fully saturated rings. The van der Waals surface area contributed by atoms with Crippen LogP contribution in [0.25, 0.3) is 0 Å². The average Bonchev–Trinajstić information content (AvgIpc) is 2.48. The number of alkyl halides is 4. The number of nitrogens with one attached hydrogen (secondary N) is 1. The van der Waals surface area contributed by atoms with Gasteiger partial charge in [0.1, 0.15) is 5.60 Å². The van der Waals surface area contributed by atoms with Crippen molar-refractivity contribution in [3.8, 4) is 5.88 Å². The monoisotopic (exact) mass is 336 g/mol. The van der Waals surface area contributed by atoms with Crippen molar-refractivity contribution in [2.45, 2.75) is 43.8 Å². The van der Waals surface area contributed by atoms with Crippen molar-refractivity contribution < 1.29 is 32.2 Å². The van der Waals surface area contributed by atoms with E-state index in [2.05, 4.69) is 4.98 Å². The third kappa shape index (κ3) is 3.90. The second-order valence-corrected chi connectivity index (χ2v) is 5.35. The fraction of sp³-hybridized carbons (Fsp3) is 0.571. The fourth-order valence-electron chi connectivity index (χ4n) is 2.12. The van der Waals surface area contributed by atoms with E-state index in [1.807, 2.05) is 5.32 Å². The number of pyridine rings is 1. The lowest BCUT2D eigenvalue weighted by molar-refractivity contribution is -0.216. The number of aromatic nitrogens is 1. The standard InChI is InChI=1S/C14H16F4N2O3/c15-10(16)8-23-11-6-9(2-5-19-11)7-20-12(21)14(17,18)13(22)3-1-4-13/h2,5-6,10,22H,1,3-4,7-8H2,(H,20,21). The van der Waals surface area contributed by atoms with Crippen LogP contribution in [0.4, 0.5) is 17.6 Å². The van der Waals surface area contributed by atoms with Crippen LogP contribution in [0.3, 0.4) is 0 Å². The van der Waals surface area contributed by atoms with Crippen molar-refractivity contribution in [2.24, 2.45) is 0 Å². The third-order valence-corrected chi connectivity index (χ3v) is 3.66. The Balaban J connectivity index is 1.92. The number of amides is 1. The molecular formula is C14H16F4N2O3. The predicted octanol–water partition coefficient (Wildman–Crippen LogP) is 1.89. The van der Waals surface area contributed by atoms with Gasteiger partial charge in [-0.3, -0.25) is 4.79 Å². The van der Waals surface area contributed by atoms with Crippen molar-refractivity contribution in [3.05, 3.63) is 23.9 Å². The largest absolute Gasteiger partial charge is 0.472 e. The van der Waals surface area contributed by atoms with Crippen molar-refractivity contribution >= 4 is 5.91 Å². The Hall–Kier alpha value is -1.90. The summed E-state index contributed by atoms with van der Waals surface area (Å²) >= 11 is 0. The summed E-state index contributed by atoms with van der Waals surface area (Å²) in [4.78, 5) is 15.3. The number of hydrogen-bond donors (Lipinski definition) is 2. The number of rotatable bonds is 7. The molecule has 0 spiro atoms. The van der Waals surface area contributed by atoms with Crippen LogP contribution >= 0.6 is 0 Å². The molecule has 128 valence electrons. The molecule has 5 nitrogen and oxygen atoms in total. The topological polar surface area (TPSA) is 71.5 Å². The highest BCUT2D eigenvalue weighted by Crippen LogP contribution is 2.44. The Morgan fingerprint density at radius 1 is 1.48 bits per heavy atom. The van der Waals surface area contributed by atoms with Gasteiger partial charge in [-0.15, -0.1) is 0 Å². The predicted molar refractivity (Wildman–Crippen MR) is 71.3 cm³/mol. The molecule has 1 aliphatic rings. The zero-order valence-corrected chi connectivity index (χ0v) is 12.1. The van der Waals surface area contributed by atoms with Gasteiger partial charge >= 0.3 is 5.92 Å². The summed E-state index contributed by atoms with van der Waals surface area (Å²) in [7, 11) is 0. The summed E-state index contributed by atoms with van der Waals surface area (Å²) in [6, 6.07) is 2.69. The molecule has 0 unspecified atom stereocenters. The van der Waals surface area contributed by atoms with Gasteiger partial charge in [0, 0.05) is 18.8 Å². The van der Waals surface area contributed by atoms with Gasteiger partial charge < -0.3 is 15.2 Å². The highest BCUT2D eigenvalue weighted by atomic mass is 19.3. The lowest BCUT2D eigenvalue weighted by Gasteiger charge is -2.41. The first-order valence-electron chi connectivity index (χ1n) is 6.99. The quantitative estimate of drug-likeness (QED) is 0.746. The van der Waals surface area contributed by atoms with Crippen LogP contribution in [0.5, 0.6) is 5.88 Å². The molecule has 1 saturated carbocycles. The number of aliphatic hydroxyl groups is 1. The van der Waals surface area contributed by atoms with E-state index in [4.69, 9.17) is 4.74 Å². The summed E-state index contributed by atoms with van der Waals surface area (Å²) in [6.07, 6.45) is -1.24. The van der Waals surface area contributed by atoms with Crippen LogP contribution in [0.15, 0.2) is 18.3 Å². The number of carbonyl (C=O) groups excluding carboxylic acids is 1. The molecule has 0 aromatic carbocycles. The Labute approximate surface area is 129 Å². The molecule has 0 atom stereocenters. The minimum Gasteiger partial charge on any atom is -0.472 e. The summed E-state index contributed by atoms with van der Waals surface area (Å²) in [5.74, 6) is -5.55. The summed E-state index contributed by atoms with van der Waals surface area (Å²) in [6.45, 7) is -1.11. The van der Waals surface area contributed by atoms with Crippen LogP contribution in [-0.2, 0) is 11.3 Å². The summed E-state index contributed by atoms with van der Waals surface area (Å²) < 4.78 is 56.5. The van der Waals surface area contributed by atoms with Crippen molar-refractivity contribution in [1.29, 1.82) is 0 Å². The van der Waals surface area contributed by atoms with Crippen LogP contribution < -0.4 is 10.1 Å². The van der Waals surface area contributed by atoms with Gasteiger partial charge in [0.25, 0.3) is 12.3 Å². The van der Waals surface area contributed by atoms with Crippen molar-refractivity contribution in [1.82, 2.24) is 10.3 Å². The molecule has 0 saturated heterocycles. The third-order valence-electron chi connectivity index (χ3n) is 3.66. The van der Waals surface area contributed by atoms with Crippen molar-refractivity contribution in [3.63, 3.8) is 0 Å². The maximum atomic E-state index is 13.9. The maximum Gasteiger partial charge on any atom is 0.352 e. The smallest absolute Gasteiger partial charge is 0.352 e.